The lowest BCUT2D eigenvalue weighted by Gasteiger charge is -2.42. The summed E-state index contributed by atoms with van der Waals surface area (Å²) in [6.07, 6.45) is 1.88. The molecule has 0 saturated carbocycles. The average molecular weight is 262 g/mol. The van der Waals surface area contributed by atoms with Gasteiger partial charge in [0.15, 0.2) is 0 Å². The Bertz CT molecular complexity index is 441. The van der Waals surface area contributed by atoms with Crippen LogP contribution in [-0.2, 0) is 11.3 Å². The van der Waals surface area contributed by atoms with Crippen LogP contribution in [0.15, 0.2) is 18.3 Å². The van der Waals surface area contributed by atoms with Gasteiger partial charge in [0.25, 0.3) is 0 Å². The Balaban J connectivity index is 2.15. The van der Waals surface area contributed by atoms with Crippen molar-refractivity contribution < 1.29 is 4.79 Å². The van der Waals surface area contributed by atoms with E-state index in [-0.39, 0.29) is 5.91 Å². The van der Waals surface area contributed by atoms with Gasteiger partial charge in [0.1, 0.15) is 11.4 Å². The summed E-state index contributed by atoms with van der Waals surface area (Å²) in [5.74, 6) is 0.914. The zero-order chi connectivity index (χ0) is 13.9. The molecule has 1 amide bonds. The Labute approximate surface area is 114 Å². The second-order valence-electron chi connectivity index (χ2n) is 5.27. The molecule has 104 valence electrons. The molecule has 5 heteroatoms. The number of piperazine rings is 1. The highest BCUT2D eigenvalue weighted by molar-refractivity contribution is 5.90. The van der Waals surface area contributed by atoms with E-state index in [1.54, 1.807) is 0 Å². The smallest absolute Gasteiger partial charge is 0.245 e. The van der Waals surface area contributed by atoms with Gasteiger partial charge < -0.3 is 15.5 Å². The second kappa shape index (κ2) is 5.57. The SMILES string of the molecule is CCNCc1ccc(N2CCNC(=O)C2(C)C)nc1. The van der Waals surface area contributed by atoms with E-state index < -0.39 is 5.54 Å². The number of hydrogen-bond acceptors (Lipinski definition) is 4. The van der Waals surface area contributed by atoms with Crippen molar-refractivity contribution in [2.75, 3.05) is 24.5 Å². The maximum atomic E-state index is 11.9. The maximum absolute atomic E-state index is 11.9. The van der Waals surface area contributed by atoms with Gasteiger partial charge in [-0.1, -0.05) is 13.0 Å². The van der Waals surface area contributed by atoms with E-state index in [2.05, 4.69) is 33.5 Å². The van der Waals surface area contributed by atoms with Crippen LogP contribution >= 0.6 is 0 Å². The predicted molar refractivity (Wildman–Crippen MR) is 76.1 cm³/mol. The summed E-state index contributed by atoms with van der Waals surface area (Å²) in [6, 6.07) is 4.06. The van der Waals surface area contributed by atoms with Crippen LogP contribution in [0.5, 0.6) is 0 Å². The molecule has 1 aliphatic heterocycles. The lowest BCUT2D eigenvalue weighted by atomic mass is 9.99. The number of carbonyl (C=O) groups excluding carboxylic acids is 1. The van der Waals surface area contributed by atoms with E-state index in [0.717, 1.165) is 31.0 Å². The molecule has 5 nitrogen and oxygen atoms in total. The van der Waals surface area contributed by atoms with Crippen LogP contribution in [0, 0.1) is 0 Å². The minimum Gasteiger partial charge on any atom is -0.352 e. The molecule has 2 N–H and O–H groups in total. The molecule has 0 bridgehead atoms. The van der Waals surface area contributed by atoms with E-state index in [9.17, 15) is 4.79 Å². The maximum Gasteiger partial charge on any atom is 0.245 e. The molecule has 1 aromatic rings. The van der Waals surface area contributed by atoms with Crippen LogP contribution in [0.25, 0.3) is 0 Å². The third-order valence-electron chi connectivity index (χ3n) is 3.52. The Morgan fingerprint density at radius 3 is 2.89 bits per heavy atom. The zero-order valence-corrected chi connectivity index (χ0v) is 11.9. The molecule has 2 heterocycles. The summed E-state index contributed by atoms with van der Waals surface area (Å²) < 4.78 is 0. The van der Waals surface area contributed by atoms with Gasteiger partial charge in [-0.05, 0) is 32.0 Å². The normalized spacial score (nSPS) is 18.3. The Hall–Kier alpha value is -1.62. The number of pyridine rings is 1. The molecule has 0 aliphatic carbocycles. The van der Waals surface area contributed by atoms with Gasteiger partial charge in [0, 0.05) is 25.8 Å². The third kappa shape index (κ3) is 2.87. The number of nitrogens with zero attached hydrogens (tertiary/aromatic N) is 2. The number of nitrogens with one attached hydrogen (secondary N) is 2. The van der Waals surface area contributed by atoms with Crippen molar-refractivity contribution in [3.8, 4) is 0 Å². The van der Waals surface area contributed by atoms with E-state index >= 15 is 0 Å². The number of hydrogen-bond donors (Lipinski definition) is 2. The summed E-state index contributed by atoms with van der Waals surface area (Å²) in [5.41, 5.74) is 0.610. The van der Waals surface area contributed by atoms with Crippen LogP contribution in [0.4, 0.5) is 5.82 Å². The van der Waals surface area contributed by atoms with Crippen LogP contribution in [0.3, 0.4) is 0 Å². The minimum atomic E-state index is -0.547. The highest BCUT2D eigenvalue weighted by Crippen LogP contribution is 2.24. The monoisotopic (exact) mass is 262 g/mol. The van der Waals surface area contributed by atoms with Gasteiger partial charge in [-0.3, -0.25) is 4.79 Å². The van der Waals surface area contributed by atoms with Crippen LogP contribution in [-0.4, -0.2) is 36.1 Å². The average Bonchev–Trinajstić information content (AvgIpc) is 2.40. The van der Waals surface area contributed by atoms with Gasteiger partial charge >= 0.3 is 0 Å². The van der Waals surface area contributed by atoms with Gasteiger partial charge in [-0.25, -0.2) is 4.98 Å². The summed E-state index contributed by atoms with van der Waals surface area (Å²) in [6.45, 7) is 9.16. The second-order valence-corrected chi connectivity index (χ2v) is 5.27. The fourth-order valence-corrected chi connectivity index (χ4v) is 2.25. The largest absolute Gasteiger partial charge is 0.352 e. The lowest BCUT2D eigenvalue weighted by Crippen LogP contribution is -2.62. The summed E-state index contributed by atoms with van der Waals surface area (Å²) >= 11 is 0. The molecule has 1 aliphatic rings. The molecule has 1 fully saturated rings. The van der Waals surface area contributed by atoms with E-state index in [4.69, 9.17) is 0 Å². The van der Waals surface area contributed by atoms with Crippen molar-refractivity contribution in [3.63, 3.8) is 0 Å². The number of anilines is 1. The number of carbonyl (C=O) groups is 1. The summed E-state index contributed by atoms with van der Waals surface area (Å²) in [4.78, 5) is 18.5. The first kappa shape index (κ1) is 13.8. The van der Waals surface area contributed by atoms with Crippen molar-refractivity contribution in [1.29, 1.82) is 0 Å². The minimum absolute atomic E-state index is 0.0530. The quantitative estimate of drug-likeness (QED) is 0.846. The highest BCUT2D eigenvalue weighted by atomic mass is 16.2. The van der Waals surface area contributed by atoms with Crippen LogP contribution < -0.4 is 15.5 Å². The van der Waals surface area contributed by atoms with Crippen LogP contribution in [0.1, 0.15) is 26.3 Å². The fraction of sp³-hybridized carbons (Fsp3) is 0.571. The van der Waals surface area contributed by atoms with Crippen molar-refractivity contribution in [1.82, 2.24) is 15.6 Å². The Kier molecular flexibility index (Phi) is 4.04. The first-order valence-corrected chi connectivity index (χ1v) is 6.77. The molecule has 0 aromatic carbocycles. The Morgan fingerprint density at radius 2 is 2.26 bits per heavy atom. The lowest BCUT2D eigenvalue weighted by molar-refractivity contribution is -0.126. The first-order valence-electron chi connectivity index (χ1n) is 6.77. The molecule has 19 heavy (non-hydrogen) atoms. The number of amides is 1. The third-order valence-corrected chi connectivity index (χ3v) is 3.52. The predicted octanol–water partition coefficient (Wildman–Crippen LogP) is 0.906. The molecule has 0 radical (unpaired) electrons. The zero-order valence-electron chi connectivity index (χ0n) is 11.9. The molecular formula is C14H22N4O. The Morgan fingerprint density at radius 1 is 1.47 bits per heavy atom. The number of rotatable bonds is 4. The van der Waals surface area contributed by atoms with Gasteiger partial charge in [0.2, 0.25) is 5.91 Å². The van der Waals surface area contributed by atoms with Crippen molar-refractivity contribution in [2.45, 2.75) is 32.9 Å². The van der Waals surface area contributed by atoms with E-state index in [1.165, 1.54) is 0 Å². The fourth-order valence-electron chi connectivity index (χ4n) is 2.25. The molecule has 0 unspecified atom stereocenters. The van der Waals surface area contributed by atoms with Crippen molar-refractivity contribution in [3.05, 3.63) is 23.9 Å². The van der Waals surface area contributed by atoms with Gasteiger partial charge in [-0.2, -0.15) is 0 Å². The van der Waals surface area contributed by atoms with E-state index in [1.807, 2.05) is 26.1 Å². The molecule has 0 spiro atoms. The van der Waals surface area contributed by atoms with Crippen molar-refractivity contribution in [2.24, 2.45) is 0 Å². The summed E-state index contributed by atoms with van der Waals surface area (Å²) in [7, 11) is 0. The number of aromatic nitrogens is 1. The van der Waals surface area contributed by atoms with Crippen molar-refractivity contribution >= 4 is 11.7 Å². The molecule has 1 saturated heterocycles. The molecular weight excluding hydrogens is 240 g/mol. The molecule has 2 rings (SSSR count). The molecule has 0 atom stereocenters. The molecule has 1 aromatic heterocycles. The topological polar surface area (TPSA) is 57.3 Å². The summed E-state index contributed by atoms with van der Waals surface area (Å²) in [5, 5.41) is 6.16. The van der Waals surface area contributed by atoms with E-state index in [0.29, 0.717) is 6.54 Å². The first-order chi connectivity index (χ1) is 9.05. The standard InChI is InChI=1S/C14H22N4O/c1-4-15-9-11-5-6-12(17-10-11)18-8-7-16-13(19)14(18,2)3/h5-6,10,15H,4,7-9H2,1-3H3,(H,16,19). The van der Waals surface area contributed by atoms with Gasteiger partial charge in [0.05, 0.1) is 0 Å². The highest BCUT2D eigenvalue weighted by Gasteiger charge is 2.38. The van der Waals surface area contributed by atoms with Gasteiger partial charge in [-0.15, -0.1) is 0 Å². The van der Waals surface area contributed by atoms with Crippen LogP contribution in [0.2, 0.25) is 0 Å².